The molecule has 2 heterocycles. The molecule has 0 aliphatic carbocycles. The molecule has 0 radical (unpaired) electrons. The third-order valence-electron chi connectivity index (χ3n) is 4.34. The molecule has 1 fully saturated rings. The lowest BCUT2D eigenvalue weighted by atomic mass is 10.1. The second kappa shape index (κ2) is 7.13. The number of amides is 1. The van der Waals surface area contributed by atoms with Crippen LogP contribution in [0, 0.1) is 13.8 Å². The Balaban J connectivity index is 1.79. The van der Waals surface area contributed by atoms with Crippen molar-refractivity contribution >= 4 is 15.9 Å². The third-order valence-corrected chi connectivity index (χ3v) is 5.65. The average molecular weight is 374 g/mol. The lowest BCUT2D eigenvalue weighted by Crippen LogP contribution is -2.50. The van der Waals surface area contributed by atoms with Gasteiger partial charge in [0, 0.05) is 48.7 Å². The predicted octanol–water partition coefficient (Wildman–Crippen LogP) is 1.48. The van der Waals surface area contributed by atoms with Gasteiger partial charge in [-0.05, 0) is 32.0 Å². The summed E-state index contributed by atoms with van der Waals surface area (Å²) in [5.74, 6) is 0.489. The van der Waals surface area contributed by atoms with Crippen LogP contribution in [0.3, 0.4) is 0 Å². The third kappa shape index (κ3) is 4.08. The number of hydrogen-bond acceptors (Lipinski definition) is 5. The molecule has 0 N–H and O–H groups in total. The van der Waals surface area contributed by atoms with Crippen molar-refractivity contribution in [3.63, 3.8) is 0 Å². The fourth-order valence-electron chi connectivity index (χ4n) is 3.05. The van der Waals surface area contributed by atoms with E-state index in [1.807, 2.05) is 32.0 Å². The summed E-state index contributed by atoms with van der Waals surface area (Å²) >= 11 is 0. The fraction of sp³-hybridized carbons (Fsp3) is 0.389. The Hall–Kier alpha value is -2.32. The van der Waals surface area contributed by atoms with Gasteiger partial charge in [-0.15, -0.1) is 0 Å². The Morgan fingerprint density at radius 1 is 1.00 bits per heavy atom. The Morgan fingerprint density at radius 2 is 1.62 bits per heavy atom. The van der Waals surface area contributed by atoms with Crippen LogP contribution in [0.5, 0.6) is 0 Å². The molecule has 26 heavy (non-hydrogen) atoms. The van der Waals surface area contributed by atoms with Gasteiger partial charge in [-0.3, -0.25) is 4.79 Å². The highest BCUT2D eigenvalue weighted by molar-refractivity contribution is 7.88. The topological polar surface area (TPSA) is 83.5 Å². The van der Waals surface area contributed by atoms with E-state index in [0.717, 1.165) is 17.0 Å². The summed E-state index contributed by atoms with van der Waals surface area (Å²) in [6.45, 7) is 5.24. The molecule has 138 valence electrons. The number of rotatable bonds is 3. The summed E-state index contributed by atoms with van der Waals surface area (Å²) in [6, 6.07) is 9.15. The van der Waals surface area contributed by atoms with Gasteiger partial charge in [-0.1, -0.05) is 12.1 Å². The van der Waals surface area contributed by atoms with E-state index in [0.29, 0.717) is 37.6 Å². The first kappa shape index (κ1) is 18.5. The largest absolute Gasteiger partial charge is 0.336 e. The molecule has 1 aliphatic heterocycles. The van der Waals surface area contributed by atoms with Gasteiger partial charge < -0.3 is 4.90 Å². The molecule has 8 heteroatoms. The molecule has 0 saturated carbocycles. The van der Waals surface area contributed by atoms with Crippen molar-refractivity contribution in [2.24, 2.45) is 0 Å². The van der Waals surface area contributed by atoms with E-state index in [1.165, 1.54) is 10.6 Å². The second-order valence-electron chi connectivity index (χ2n) is 6.51. The molecule has 0 unspecified atom stereocenters. The van der Waals surface area contributed by atoms with Crippen LogP contribution >= 0.6 is 0 Å². The minimum absolute atomic E-state index is 0.107. The first-order valence-electron chi connectivity index (χ1n) is 8.41. The van der Waals surface area contributed by atoms with Crippen LogP contribution in [0.2, 0.25) is 0 Å². The molecule has 0 bridgehead atoms. The maximum Gasteiger partial charge on any atom is 0.253 e. The van der Waals surface area contributed by atoms with E-state index >= 15 is 0 Å². The number of nitrogens with zero attached hydrogens (tertiary/aromatic N) is 4. The monoisotopic (exact) mass is 374 g/mol. The summed E-state index contributed by atoms with van der Waals surface area (Å²) in [5.41, 5.74) is 3.10. The number of aryl methyl sites for hydroxylation is 2. The van der Waals surface area contributed by atoms with Crippen molar-refractivity contribution < 1.29 is 13.2 Å². The molecule has 0 atom stereocenters. The van der Waals surface area contributed by atoms with Gasteiger partial charge in [0.25, 0.3) is 5.91 Å². The van der Waals surface area contributed by atoms with Gasteiger partial charge >= 0.3 is 0 Å². The van der Waals surface area contributed by atoms with Crippen molar-refractivity contribution in [1.29, 1.82) is 0 Å². The Labute approximate surface area is 153 Å². The minimum Gasteiger partial charge on any atom is -0.336 e. The zero-order chi connectivity index (χ0) is 18.9. The van der Waals surface area contributed by atoms with E-state index in [9.17, 15) is 13.2 Å². The first-order chi connectivity index (χ1) is 12.2. The van der Waals surface area contributed by atoms with Gasteiger partial charge in [0.1, 0.15) is 0 Å². The van der Waals surface area contributed by atoms with Crippen LogP contribution in [0.4, 0.5) is 0 Å². The molecule has 7 nitrogen and oxygen atoms in total. The maximum absolute atomic E-state index is 12.8. The lowest BCUT2D eigenvalue weighted by Gasteiger charge is -2.33. The molecule has 1 saturated heterocycles. The van der Waals surface area contributed by atoms with Crippen LogP contribution in [0.15, 0.2) is 30.3 Å². The summed E-state index contributed by atoms with van der Waals surface area (Å²) < 4.78 is 24.6. The minimum atomic E-state index is -3.21. The number of benzene rings is 1. The average Bonchev–Trinajstić information content (AvgIpc) is 2.60. The van der Waals surface area contributed by atoms with Gasteiger partial charge in [0.15, 0.2) is 5.82 Å². The normalized spacial score (nSPS) is 15.9. The number of piperazine rings is 1. The van der Waals surface area contributed by atoms with E-state index in [-0.39, 0.29) is 5.91 Å². The van der Waals surface area contributed by atoms with Gasteiger partial charge in [-0.2, -0.15) is 4.31 Å². The van der Waals surface area contributed by atoms with Crippen molar-refractivity contribution in [3.05, 3.63) is 47.3 Å². The van der Waals surface area contributed by atoms with Crippen molar-refractivity contribution in [2.75, 3.05) is 32.4 Å². The molecule has 1 aromatic heterocycles. The summed E-state index contributed by atoms with van der Waals surface area (Å²) in [5, 5.41) is 0. The van der Waals surface area contributed by atoms with E-state index < -0.39 is 10.0 Å². The number of sulfonamides is 1. The summed E-state index contributed by atoms with van der Waals surface area (Å²) in [6.07, 6.45) is 1.19. The maximum atomic E-state index is 12.8. The van der Waals surface area contributed by atoms with Crippen LogP contribution in [-0.2, 0) is 10.0 Å². The van der Waals surface area contributed by atoms with Crippen LogP contribution in [-0.4, -0.2) is 65.9 Å². The molecule has 1 aliphatic rings. The SMILES string of the molecule is Cc1cc(C)nc(-c2cccc(C(=O)N3CCN(S(C)(=O)=O)CC3)c2)n1. The highest BCUT2D eigenvalue weighted by Gasteiger charge is 2.26. The number of carbonyl (C=O) groups excluding carboxylic acids is 1. The Kier molecular flexibility index (Phi) is 5.06. The van der Waals surface area contributed by atoms with E-state index in [4.69, 9.17) is 0 Å². The predicted molar refractivity (Wildman–Crippen MR) is 99.3 cm³/mol. The molecular weight excluding hydrogens is 352 g/mol. The fourth-order valence-corrected chi connectivity index (χ4v) is 3.88. The summed E-state index contributed by atoms with van der Waals surface area (Å²) in [4.78, 5) is 23.4. The van der Waals surface area contributed by atoms with Crippen molar-refractivity contribution in [2.45, 2.75) is 13.8 Å². The van der Waals surface area contributed by atoms with Crippen molar-refractivity contribution in [3.8, 4) is 11.4 Å². The molecule has 0 spiro atoms. The molecule has 1 amide bonds. The standard InChI is InChI=1S/C18H22N4O3S/c1-13-11-14(2)20-17(19-13)15-5-4-6-16(12-15)18(23)21-7-9-22(10-8-21)26(3,24)25/h4-6,11-12H,7-10H2,1-3H3. The van der Waals surface area contributed by atoms with Gasteiger partial charge in [0.2, 0.25) is 10.0 Å². The van der Waals surface area contributed by atoms with Gasteiger partial charge in [-0.25, -0.2) is 18.4 Å². The number of carbonyl (C=O) groups is 1. The van der Waals surface area contributed by atoms with Crippen LogP contribution in [0.25, 0.3) is 11.4 Å². The lowest BCUT2D eigenvalue weighted by molar-refractivity contribution is 0.0698. The molecular formula is C18H22N4O3S. The smallest absolute Gasteiger partial charge is 0.253 e. The van der Waals surface area contributed by atoms with E-state index in [2.05, 4.69) is 9.97 Å². The zero-order valence-electron chi connectivity index (χ0n) is 15.1. The van der Waals surface area contributed by atoms with Crippen LogP contribution in [0.1, 0.15) is 21.7 Å². The van der Waals surface area contributed by atoms with Crippen LogP contribution < -0.4 is 0 Å². The first-order valence-corrected chi connectivity index (χ1v) is 10.3. The van der Waals surface area contributed by atoms with Crippen molar-refractivity contribution in [1.82, 2.24) is 19.2 Å². The number of aromatic nitrogens is 2. The van der Waals surface area contributed by atoms with E-state index in [1.54, 1.807) is 17.0 Å². The zero-order valence-corrected chi connectivity index (χ0v) is 16.0. The quantitative estimate of drug-likeness (QED) is 0.813. The highest BCUT2D eigenvalue weighted by atomic mass is 32.2. The Morgan fingerprint density at radius 3 is 2.19 bits per heavy atom. The highest BCUT2D eigenvalue weighted by Crippen LogP contribution is 2.19. The number of hydrogen-bond donors (Lipinski definition) is 0. The Bertz CT molecular complexity index is 915. The second-order valence-corrected chi connectivity index (χ2v) is 8.49. The molecule has 1 aromatic carbocycles. The molecule has 2 aromatic rings. The summed E-state index contributed by atoms with van der Waals surface area (Å²) in [7, 11) is -3.21. The molecule has 3 rings (SSSR count). The van der Waals surface area contributed by atoms with Gasteiger partial charge in [0.05, 0.1) is 6.26 Å².